The van der Waals surface area contributed by atoms with Gasteiger partial charge in [0.05, 0.1) is 6.20 Å². The number of aromatic nitrogens is 2. The summed E-state index contributed by atoms with van der Waals surface area (Å²) in [5, 5.41) is 10.1. The summed E-state index contributed by atoms with van der Waals surface area (Å²) in [6.45, 7) is 6.91. The molecule has 86 valence electrons. The molecule has 0 saturated heterocycles. The molecule has 0 radical (unpaired) electrons. The summed E-state index contributed by atoms with van der Waals surface area (Å²) in [7, 11) is 0. The van der Waals surface area contributed by atoms with Crippen LogP contribution in [-0.4, -0.2) is 10.2 Å². The van der Waals surface area contributed by atoms with Gasteiger partial charge in [-0.3, -0.25) is 5.10 Å². The van der Waals surface area contributed by atoms with E-state index in [4.69, 9.17) is 4.42 Å². The highest BCUT2D eigenvalue weighted by Gasteiger charge is 2.11. The maximum atomic E-state index is 5.51. The summed E-state index contributed by atoms with van der Waals surface area (Å²) in [6.07, 6.45) is 3.72. The molecular formula is C12H17N3O. The zero-order valence-electron chi connectivity index (χ0n) is 9.87. The third kappa shape index (κ3) is 2.33. The molecule has 0 aromatic carbocycles. The van der Waals surface area contributed by atoms with Crippen molar-refractivity contribution in [2.24, 2.45) is 0 Å². The van der Waals surface area contributed by atoms with Crippen LogP contribution >= 0.6 is 0 Å². The second-order valence-electron chi connectivity index (χ2n) is 4.08. The molecule has 0 fully saturated rings. The van der Waals surface area contributed by atoms with Crippen molar-refractivity contribution in [3.63, 3.8) is 0 Å². The van der Waals surface area contributed by atoms with E-state index in [2.05, 4.69) is 28.5 Å². The Morgan fingerprint density at radius 1 is 1.50 bits per heavy atom. The number of hydrogen-bond acceptors (Lipinski definition) is 3. The standard InChI is InChI=1S/C12H17N3O/c1-8-4-12(10(3)16-8)9(2)13-5-11-6-14-15-7-11/h4,6-7,9,13H,5H2,1-3H3,(H,14,15). The predicted molar refractivity (Wildman–Crippen MR) is 62.0 cm³/mol. The number of H-pyrrole nitrogens is 1. The number of aromatic amines is 1. The van der Waals surface area contributed by atoms with Crippen LogP contribution in [0.5, 0.6) is 0 Å². The van der Waals surface area contributed by atoms with E-state index in [1.165, 1.54) is 5.56 Å². The molecule has 0 spiro atoms. The first kappa shape index (κ1) is 11.0. The van der Waals surface area contributed by atoms with Crippen molar-refractivity contribution >= 4 is 0 Å². The van der Waals surface area contributed by atoms with Crippen molar-refractivity contribution in [2.45, 2.75) is 33.4 Å². The third-order valence-corrected chi connectivity index (χ3v) is 2.71. The van der Waals surface area contributed by atoms with Gasteiger partial charge >= 0.3 is 0 Å². The van der Waals surface area contributed by atoms with Crippen LogP contribution in [0.4, 0.5) is 0 Å². The molecule has 0 amide bonds. The Labute approximate surface area is 95.1 Å². The Morgan fingerprint density at radius 3 is 2.88 bits per heavy atom. The molecule has 4 nitrogen and oxygen atoms in total. The lowest BCUT2D eigenvalue weighted by atomic mass is 10.1. The van der Waals surface area contributed by atoms with Gasteiger partial charge in [0, 0.05) is 29.9 Å². The highest BCUT2D eigenvalue weighted by atomic mass is 16.3. The normalized spacial score (nSPS) is 12.9. The first-order valence-electron chi connectivity index (χ1n) is 5.45. The second-order valence-corrected chi connectivity index (χ2v) is 4.08. The molecule has 0 aliphatic carbocycles. The first-order chi connectivity index (χ1) is 7.66. The quantitative estimate of drug-likeness (QED) is 0.830. The number of nitrogens with zero attached hydrogens (tertiary/aromatic N) is 1. The Morgan fingerprint density at radius 2 is 2.31 bits per heavy atom. The third-order valence-electron chi connectivity index (χ3n) is 2.71. The van der Waals surface area contributed by atoms with Gasteiger partial charge in [0.25, 0.3) is 0 Å². The van der Waals surface area contributed by atoms with E-state index in [1.807, 2.05) is 26.2 Å². The van der Waals surface area contributed by atoms with Gasteiger partial charge in [-0.15, -0.1) is 0 Å². The van der Waals surface area contributed by atoms with Crippen molar-refractivity contribution in [2.75, 3.05) is 0 Å². The number of furan rings is 1. The number of aryl methyl sites for hydroxylation is 2. The summed E-state index contributed by atoms with van der Waals surface area (Å²) in [4.78, 5) is 0. The van der Waals surface area contributed by atoms with Crippen LogP contribution < -0.4 is 5.32 Å². The minimum atomic E-state index is 0.285. The van der Waals surface area contributed by atoms with Crippen LogP contribution in [0.1, 0.15) is 35.6 Å². The van der Waals surface area contributed by atoms with Gasteiger partial charge < -0.3 is 9.73 Å². The summed E-state index contributed by atoms with van der Waals surface area (Å²) in [5.74, 6) is 1.95. The Kier molecular flexibility index (Phi) is 3.10. The minimum absolute atomic E-state index is 0.285. The van der Waals surface area contributed by atoms with Gasteiger partial charge in [0.2, 0.25) is 0 Å². The largest absolute Gasteiger partial charge is 0.466 e. The van der Waals surface area contributed by atoms with E-state index >= 15 is 0 Å². The highest BCUT2D eigenvalue weighted by Crippen LogP contribution is 2.21. The molecule has 16 heavy (non-hydrogen) atoms. The monoisotopic (exact) mass is 219 g/mol. The molecule has 4 heteroatoms. The van der Waals surface area contributed by atoms with E-state index in [9.17, 15) is 0 Å². The Hall–Kier alpha value is -1.55. The molecule has 0 bridgehead atoms. The Balaban J connectivity index is 1.98. The SMILES string of the molecule is Cc1cc(C(C)NCc2cn[nH]c2)c(C)o1. The van der Waals surface area contributed by atoms with Crippen LogP contribution in [-0.2, 0) is 6.54 Å². The molecule has 1 atom stereocenters. The average molecular weight is 219 g/mol. The lowest BCUT2D eigenvalue weighted by Gasteiger charge is -2.11. The topological polar surface area (TPSA) is 53.9 Å². The van der Waals surface area contributed by atoms with Crippen molar-refractivity contribution in [3.05, 3.63) is 41.1 Å². The summed E-state index contributed by atoms with van der Waals surface area (Å²) < 4.78 is 5.51. The second kappa shape index (κ2) is 4.53. The zero-order chi connectivity index (χ0) is 11.5. The van der Waals surface area contributed by atoms with Crippen LogP contribution in [0.15, 0.2) is 22.9 Å². The Bertz CT molecular complexity index is 445. The van der Waals surface area contributed by atoms with Gasteiger partial charge in [-0.05, 0) is 26.8 Å². The molecule has 2 heterocycles. The summed E-state index contributed by atoms with van der Waals surface area (Å²) >= 11 is 0. The molecule has 0 aliphatic rings. The van der Waals surface area contributed by atoms with Crippen LogP contribution in [0, 0.1) is 13.8 Å². The fourth-order valence-corrected chi connectivity index (χ4v) is 1.84. The lowest BCUT2D eigenvalue weighted by molar-refractivity contribution is 0.489. The van der Waals surface area contributed by atoms with Gasteiger partial charge in [-0.1, -0.05) is 0 Å². The molecule has 2 aromatic heterocycles. The van der Waals surface area contributed by atoms with Gasteiger partial charge in [-0.25, -0.2) is 0 Å². The van der Waals surface area contributed by atoms with Gasteiger partial charge in [-0.2, -0.15) is 5.10 Å². The van der Waals surface area contributed by atoms with E-state index in [0.29, 0.717) is 0 Å². The molecule has 1 unspecified atom stereocenters. The van der Waals surface area contributed by atoms with Crippen LogP contribution in [0.3, 0.4) is 0 Å². The summed E-state index contributed by atoms with van der Waals surface area (Å²) in [6, 6.07) is 2.37. The van der Waals surface area contributed by atoms with Crippen molar-refractivity contribution in [3.8, 4) is 0 Å². The maximum absolute atomic E-state index is 5.51. The lowest BCUT2D eigenvalue weighted by Crippen LogP contribution is -2.17. The molecule has 2 rings (SSSR count). The van der Waals surface area contributed by atoms with Gasteiger partial charge in [0.15, 0.2) is 0 Å². The predicted octanol–water partition coefficient (Wildman–Crippen LogP) is 2.47. The minimum Gasteiger partial charge on any atom is -0.466 e. The molecular weight excluding hydrogens is 202 g/mol. The van der Waals surface area contributed by atoms with Crippen LogP contribution in [0.2, 0.25) is 0 Å². The fourth-order valence-electron chi connectivity index (χ4n) is 1.84. The van der Waals surface area contributed by atoms with E-state index in [0.717, 1.165) is 23.6 Å². The van der Waals surface area contributed by atoms with E-state index < -0.39 is 0 Å². The molecule has 2 aromatic rings. The zero-order valence-corrected chi connectivity index (χ0v) is 9.87. The van der Waals surface area contributed by atoms with E-state index in [-0.39, 0.29) is 6.04 Å². The summed E-state index contributed by atoms with van der Waals surface area (Å²) in [5.41, 5.74) is 2.38. The number of nitrogens with one attached hydrogen (secondary N) is 2. The fraction of sp³-hybridized carbons (Fsp3) is 0.417. The van der Waals surface area contributed by atoms with E-state index in [1.54, 1.807) is 0 Å². The molecule has 2 N–H and O–H groups in total. The van der Waals surface area contributed by atoms with Gasteiger partial charge in [0.1, 0.15) is 11.5 Å². The van der Waals surface area contributed by atoms with Crippen molar-refractivity contribution < 1.29 is 4.42 Å². The number of rotatable bonds is 4. The first-order valence-corrected chi connectivity index (χ1v) is 5.45. The molecule has 0 aliphatic heterocycles. The maximum Gasteiger partial charge on any atom is 0.105 e. The van der Waals surface area contributed by atoms with Crippen molar-refractivity contribution in [1.82, 2.24) is 15.5 Å². The van der Waals surface area contributed by atoms with Crippen LogP contribution in [0.25, 0.3) is 0 Å². The molecule has 0 saturated carbocycles. The average Bonchev–Trinajstić information content (AvgIpc) is 2.84. The smallest absolute Gasteiger partial charge is 0.105 e. The van der Waals surface area contributed by atoms with Crippen molar-refractivity contribution in [1.29, 1.82) is 0 Å². The number of hydrogen-bond donors (Lipinski definition) is 2. The highest BCUT2D eigenvalue weighted by molar-refractivity contribution is 5.23.